The second-order valence-electron chi connectivity index (χ2n) is 8.18. The van der Waals surface area contributed by atoms with Gasteiger partial charge in [0.05, 0.1) is 32.8 Å². The van der Waals surface area contributed by atoms with Gasteiger partial charge in [-0.2, -0.15) is 0 Å². The third kappa shape index (κ3) is 6.18. The number of carbonyl (C=O) groups excluding carboxylic acids is 2. The number of amides is 2. The van der Waals surface area contributed by atoms with Crippen LogP contribution in [0, 0.1) is 0 Å². The Morgan fingerprint density at radius 2 is 1.67 bits per heavy atom. The second-order valence-corrected chi connectivity index (χ2v) is 9.05. The van der Waals surface area contributed by atoms with Gasteiger partial charge < -0.3 is 24.0 Å². The van der Waals surface area contributed by atoms with E-state index in [0.717, 1.165) is 0 Å². The summed E-state index contributed by atoms with van der Waals surface area (Å²) in [4.78, 5) is 29.8. The van der Waals surface area contributed by atoms with Crippen LogP contribution in [-0.2, 0) is 14.3 Å². The lowest BCUT2D eigenvalue weighted by molar-refractivity contribution is -0.155. The molecule has 0 saturated carbocycles. The fraction of sp³-hybridized carbons (Fsp3) is 0.417. The van der Waals surface area contributed by atoms with Crippen molar-refractivity contribution in [3.05, 3.63) is 64.1 Å². The lowest BCUT2D eigenvalue weighted by Crippen LogP contribution is -2.58. The van der Waals surface area contributed by atoms with Gasteiger partial charge in [0.2, 0.25) is 5.91 Å². The molecule has 0 bridgehead atoms. The molecule has 33 heavy (non-hydrogen) atoms. The zero-order valence-corrected chi connectivity index (χ0v) is 19.7. The Hall–Kier alpha value is -2.32. The number of ether oxygens (including phenoxy) is 3. The zero-order chi connectivity index (χ0) is 23.3. The molecule has 2 aliphatic heterocycles. The van der Waals surface area contributed by atoms with E-state index in [1.165, 1.54) is 0 Å². The molecule has 1 atom stereocenters. The van der Waals surface area contributed by atoms with Crippen LogP contribution >= 0.6 is 23.2 Å². The Morgan fingerprint density at radius 1 is 0.939 bits per heavy atom. The normalized spacial score (nSPS) is 21.0. The van der Waals surface area contributed by atoms with E-state index < -0.39 is 5.60 Å². The summed E-state index contributed by atoms with van der Waals surface area (Å²) in [5.74, 6) is 0.389. The topological polar surface area (TPSA) is 68.3 Å². The van der Waals surface area contributed by atoms with Gasteiger partial charge in [0, 0.05) is 35.2 Å². The summed E-state index contributed by atoms with van der Waals surface area (Å²) in [5, 5.41) is 1.11. The van der Waals surface area contributed by atoms with Gasteiger partial charge in [0.1, 0.15) is 18.0 Å². The monoisotopic (exact) mass is 492 g/mol. The lowest BCUT2D eigenvalue weighted by Gasteiger charge is -2.43. The molecule has 4 rings (SSSR count). The van der Waals surface area contributed by atoms with Crippen LogP contribution in [0.4, 0.5) is 0 Å². The highest BCUT2D eigenvalue weighted by atomic mass is 35.5. The molecule has 2 aromatic carbocycles. The number of hydrogen-bond donors (Lipinski definition) is 0. The first-order valence-corrected chi connectivity index (χ1v) is 11.6. The number of rotatable bonds is 6. The van der Waals surface area contributed by atoms with Crippen LogP contribution in [0.1, 0.15) is 16.8 Å². The third-order valence-corrected chi connectivity index (χ3v) is 6.25. The van der Waals surface area contributed by atoms with Crippen molar-refractivity contribution in [3.63, 3.8) is 0 Å². The first-order chi connectivity index (χ1) is 15.9. The zero-order valence-electron chi connectivity index (χ0n) is 18.2. The molecule has 9 heteroatoms. The molecule has 2 heterocycles. The summed E-state index contributed by atoms with van der Waals surface area (Å²) in [7, 11) is 0. The van der Waals surface area contributed by atoms with Gasteiger partial charge in [-0.05, 0) is 42.5 Å². The number of benzene rings is 2. The molecule has 1 unspecified atom stereocenters. The Balaban J connectivity index is 1.53. The average molecular weight is 493 g/mol. The first-order valence-electron chi connectivity index (χ1n) is 10.9. The van der Waals surface area contributed by atoms with Crippen molar-refractivity contribution in [2.24, 2.45) is 0 Å². The molecule has 2 amide bonds. The molecule has 7 nitrogen and oxygen atoms in total. The minimum atomic E-state index is -0.988. The second kappa shape index (κ2) is 10.7. The Bertz CT molecular complexity index is 981. The summed E-state index contributed by atoms with van der Waals surface area (Å²) in [6, 6.07) is 13.8. The molecule has 2 aliphatic rings. The molecule has 176 valence electrons. The number of morpholine rings is 2. The van der Waals surface area contributed by atoms with Gasteiger partial charge in [0.15, 0.2) is 0 Å². The molecule has 0 N–H and O–H groups in total. The number of halogens is 2. The Morgan fingerprint density at radius 3 is 2.39 bits per heavy atom. The summed E-state index contributed by atoms with van der Waals surface area (Å²) in [6.07, 6.45) is 0.0952. The minimum Gasteiger partial charge on any atom is -0.490 e. The van der Waals surface area contributed by atoms with Gasteiger partial charge in [-0.1, -0.05) is 29.3 Å². The van der Waals surface area contributed by atoms with E-state index in [2.05, 4.69) is 0 Å². The first kappa shape index (κ1) is 23.8. The van der Waals surface area contributed by atoms with Crippen molar-refractivity contribution < 1.29 is 23.8 Å². The van der Waals surface area contributed by atoms with E-state index in [1.807, 2.05) is 0 Å². The molecular weight excluding hydrogens is 467 g/mol. The van der Waals surface area contributed by atoms with Crippen molar-refractivity contribution in [2.75, 3.05) is 52.6 Å². The molecule has 2 saturated heterocycles. The van der Waals surface area contributed by atoms with E-state index in [0.29, 0.717) is 60.8 Å². The van der Waals surface area contributed by atoms with Crippen molar-refractivity contribution in [1.29, 1.82) is 0 Å². The van der Waals surface area contributed by atoms with Gasteiger partial charge in [-0.15, -0.1) is 0 Å². The number of hydrogen-bond acceptors (Lipinski definition) is 5. The number of nitrogens with zero attached hydrogens (tertiary/aromatic N) is 2. The average Bonchev–Trinajstić information content (AvgIpc) is 2.84. The SMILES string of the molecule is O=C(CC1(COc2cccc(Cl)c2)CN(C(=O)c2ccc(Cl)cc2)CCO1)N1CCOCC1. The van der Waals surface area contributed by atoms with Crippen LogP contribution in [0.5, 0.6) is 5.75 Å². The van der Waals surface area contributed by atoms with E-state index in [-0.39, 0.29) is 31.4 Å². The smallest absolute Gasteiger partial charge is 0.254 e. The van der Waals surface area contributed by atoms with Gasteiger partial charge >= 0.3 is 0 Å². The summed E-state index contributed by atoms with van der Waals surface area (Å²) in [5.41, 5.74) is -0.455. The lowest BCUT2D eigenvalue weighted by atomic mass is 9.96. The predicted octanol–water partition coefficient (Wildman–Crippen LogP) is 3.53. The highest BCUT2D eigenvalue weighted by molar-refractivity contribution is 6.31. The maximum Gasteiger partial charge on any atom is 0.254 e. The van der Waals surface area contributed by atoms with Gasteiger partial charge in [-0.3, -0.25) is 9.59 Å². The molecule has 0 aromatic heterocycles. The highest BCUT2D eigenvalue weighted by Crippen LogP contribution is 2.27. The minimum absolute atomic E-state index is 0.0474. The summed E-state index contributed by atoms with van der Waals surface area (Å²) >= 11 is 12.1. The largest absolute Gasteiger partial charge is 0.490 e. The Kier molecular flexibility index (Phi) is 7.75. The van der Waals surface area contributed by atoms with Crippen molar-refractivity contribution >= 4 is 35.0 Å². The van der Waals surface area contributed by atoms with Crippen LogP contribution in [0.2, 0.25) is 10.0 Å². The highest BCUT2D eigenvalue weighted by Gasteiger charge is 2.42. The molecule has 0 aliphatic carbocycles. The van der Waals surface area contributed by atoms with Crippen molar-refractivity contribution in [3.8, 4) is 5.75 Å². The maximum atomic E-state index is 13.2. The molecule has 0 radical (unpaired) electrons. The van der Waals surface area contributed by atoms with Crippen molar-refractivity contribution in [2.45, 2.75) is 12.0 Å². The fourth-order valence-corrected chi connectivity index (χ4v) is 4.32. The van der Waals surface area contributed by atoms with Crippen LogP contribution in [0.15, 0.2) is 48.5 Å². The molecule has 2 fully saturated rings. The van der Waals surface area contributed by atoms with E-state index >= 15 is 0 Å². The Labute approximate surface area is 203 Å². The van der Waals surface area contributed by atoms with Crippen LogP contribution in [-0.4, -0.2) is 79.8 Å². The van der Waals surface area contributed by atoms with E-state index in [1.54, 1.807) is 58.3 Å². The van der Waals surface area contributed by atoms with Crippen molar-refractivity contribution in [1.82, 2.24) is 9.80 Å². The standard InChI is InChI=1S/C24H26Cl2N2O5/c25-19-6-4-18(5-7-19)23(30)28-10-13-33-24(16-28,15-22(29)27-8-11-31-12-9-27)17-32-21-3-1-2-20(26)14-21/h1-7,14H,8-13,15-17H2. The molecule has 2 aromatic rings. The van der Waals surface area contributed by atoms with Crippen LogP contribution in [0.25, 0.3) is 0 Å². The maximum absolute atomic E-state index is 13.2. The summed E-state index contributed by atoms with van der Waals surface area (Å²) < 4.78 is 17.5. The van der Waals surface area contributed by atoms with Gasteiger partial charge in [0.25, 0.3) is 5.91 Å². The molecular formula is C24H26Cl2N2O5. The van der Waals surface area contributed by atoms with Crippen LogP contribution < -0.4 is 4.74 Å². The van der Waals surface area contributed by atoms with Crippen LogP contribution in [0.3, 0.4) is 0 Å². The molecule has 0 spiro atoms. The number of carbonyl (C=O) groups is 2. The summed E-state index contributed by atoms with van der Waals surface area (Å²) in [6.45, 7) is 3.16. The fourth-order valence-electron chi connectivity index (χ4n) is 4.01. The quantitative estimate of drug-likeness (QED) is 0.616. The van der Waals surface area contributed by atoms with E-state index in [4.69, 9.17) is 37.4 Å². The van der Waals surface area contributed by atoms with Gasteiger partial charge in [-0.25, -0.2) is 0 Å². The predicted molar refractivity (Wildman–Crippen MR) is 125 cm³/mol. The van der Waals surface area contributed by atoms with E-state index in [9.17, 15) is 9.59 Å². The third-order valence-electron chi connectivity index (χ3n) is 5.76.